The highest BCUT2D eigenvalue weighted by molar-refractivity contribution is 6.15. The van der Waals surface area contributed by atoms with Crippen LogP contribution < -0.4 is 0 Å². The van der Waals surface area contributed by atoms with Crippen molar-refractivity contribution < 1.29 is 23.8 Å². The molecular formula is C20H21NO5. The lowest BCUT2D eigenvalue weighted by atomic mass is 9.94. The molecule has 1 aromatic carbocycles. The second kappa shape index (κ2) is 7.58. The van der Waals surface area contributed by atoms with E-state index in [1.165, 1.54) is 17.2 Å². The van der Waals surface area contributed by atoms with E-state index >= 15 is 0 Å². The normalized spacial score (nSPS) is 17.2. The average Bonchev–Trinajstić information content (AvgIpc) is 3.24. The molecule has 0 bridgehead atoms. The number of carbonyl (C=O) groups excluding carboxylic acids is 2. The van der Waals surface area contributed by atoms with Crippen LogP contribution in [0.1, 0.15) is 34.1 Å². The molecule has 26 heavy (non-hydrogen) atoms. The van der Waals surface area contributed by atoms with Gasteiger partial charge in [0.1, 0.15) is 0 Å². The van der Waals surface area contributed by atoms with E-state index in [2.05, 4.69) is 0 Å². The zero-order chi connectivity index (χ0) is 18.7. The van der Waals surface area contributed by atoms with Crippen LogP contribution in [0.15, 0.2) is 58.4 Å². The predicted octanol–water partition coefficient (Wildman–Crippen LogP) is 3.20. The second-order valence-electron chi connectivity index (χ2n) is 6.23. The first kappa shape index (κ1) is 17.9. The first-order valence-electron chi connectivity index (χ1n) is 8.42. The Hall–Kier alpha value is -2.86. The minimum Gasteiger partial charge on any atom is -0.503 e. The number of aliphatic hydroxyl groups is 1. The van der Waals surface area contributed by atoms with E-state index in [1.807, 2.05) is 31.2 Å². The molecule has 0 aliphatic carbocycles. The summed E-state index contributed by atoms with van der Waals surface area (Å²) in [6.07, 6.45) is 1.99. The molecule has 136 valence electrons. The Bertz CT molecular complexity index is 838. The second-order valence-corrected chi connectivity index (χ2v) is 6.23. The van der Waals surface area contributed by atoms with E-state index < -0.39 is 23.5 Å². The van der Waals surface area contributed by atoms with E-state index in [0.29, 0.717) is 19.6 Å². The van der Waals surface area contributed by atoms with Gasteiger partial charge in [-0.25, -0.2) is 0 Å². The maximum atomic E-state index is 12.9. The number of amides is 1. The summed E-state index contributed by atoms with van der Waals surface area (Å²) in [6, 6.07) is 10.0. The molecule has 1 N–H and O–H groups in total. The number of aryl methyl sites for hydroxylation is 1. The molecule has 1 unspecified atom stereocenters. The van der Waals surface area contributed by atoms with E-state index in [4.69, 9.17) is 9.15 Å². The minimum atomic E-state index is -0.656. The van der Waals surface area contributed by atoms with Crippen molar-refractivity contribution in [3.8, 4) is 0 Å². The Labute approximate surface area is 151 Å². The zero-order valence-corrected chi connectivity index (χ0v) is 14.8. The third-order valence-electron chi connectivity index (χ3n) is 4.40. The Morgan fingerprint density at radius 1 is 1.31 bits per heavy atom. The summed E-state index contributed by atoms with van der Waals surface area (Å²) in [7, 11) is 1.59. The molecule has 6 heteroatoms. The van der Waals surface area contributed by atoms with Crippen LogP contribution in [0.4, 0.5) is 0 Å². The van der Waals surface area contributed by atoms with Crippen molar-refractivity contribution >= 4 is 11.7 Å². The number of hydrogen-bond donors (Lipinski definition) is 1. The van der Waals surface area contributed by atoms with Crippen molar-refractivity contribution in [1.29, 1.82) is 0 Å². The van der Waals surface area contributed by atoms with Crippen molar-refractivity contribution in [1.82, 2.24) is 4.90 Å². The number of carbonyl (C=O) groups is 2. The lowest BCUT2D eigenvalue weighted by Gasteiger charge is -2.26. The average molecular weight is 355 g/mol. The number of ether oxygens (including phenoxy) is 1. The first-order chi connectivity index (χ1) is 12.5. The van der Waals surface area contributed by atoms with Crippen LogP contribution in [0.2, 0.25) is 0 Å². The van der Waals surface area contributed by atoms with Gasteiger partial charge in [-0.2, -0.15) is 0 Å². The van der Waals surface area contributed by atoms with Crippen LogP contribution in [0.3, 0.4) is 0 Å². The fourth-order valence-corrected chi connectivity index (χ4v) is 3.22. The molecule has 1 aliphatic rings. The van der Waals surface area contributed by atoms with Gasteiger partial charge in [-0.05, 0) is 31.0 Å². The van der Waals surface area contributed by atoms with Crippen LogP contribution in [0.5, 0.6) is 0 Å². The number of aliphatic hydroxyl groups excluding tert-OH is 1. The van der Waals surface area contributed by atoms with Crippen molar-refractivity contribution in [3.05, 3.63) is 70.9 Å². The van der Waals surface area contributed by atoms with E-state index in [-0.39, 0.29) is 11.3 Å². The number of ketones is 1. The molecule has 1 atom stereocenters. The van der Waals surface area contributed by atoms with Crippen molar-refractivity contribution in [2.24, 2.45) is 0 Å². The number of Topliss-reactive ketones (excluding diaryl/α,β-unsaturated/α-hetero) is 1. The van der Waals surface area contributed by atoms with Gasteiger partial charge in [0.05, 0.1) is 17.9 Å². The summed E-state index contributed by atoms with van der Waals surface area (Å²) >= 11 is 0. The number of furan rings is 1. The number of methoxy groups -OCH3 is 1. The fourth-order valence-electron chi connectivity index (χ4n) is 3.22. The number of rotatable bonds is 7. The Morgan fingerprint density at radius 3 is 2.77 bits per heavy atom. The minimum absolute atomic E-state index is 0.0490. The van der Waals surface area contributed by atoms with Crippen LogP contribution in [0, 0.1) is 6.92 Å². The van der Waals surface area contributed by atoms with Crippen molar-refractivity contribution in [2.75, 3.05) is 20.3 Å². The number of nitrogens with zero attached hydrogens (tertiary/aromatic N) is 1. The van der Waals surface area contributed by atoms with Gasteiger partial charge in [0.25, 0.3) is 5.91 Å². The SMILES string of the molecule is COCCCN1C(=O)C(O)=C(C(=O)c2ccco2)C1c1cccc(C)c1. The molecule has 0 saturated carbocycles. The zero-order valence-electron chi connectivity index (χ0n) is 14.8. The molecule has 0 radical (unpaired) electrons. The topological polar surface area (TPSA) is 80.0 Å². The van der Waals surface area contributed by atoms with Crippen molar-refractivity contribution in [3.63, 3.8) is 0 Å². The standard InChI is InChI=1S/C20H21NO5/c1-13-6-3-7-14(12-13)17-16(18(22)15-8-4-11-26-15)19(23)20(24)21(17)9-5-10-25-2/h3-4,6-8,11-12,17,23H,5,9-10H2,1-2H3. The van der Waals surface area contributed by atoms with Crippen LogP contribution in [-0.4, -0.2) is 42.0 Å². The summed E-state index contributed by atoms with van der Waals surface area (Å²) in [6.45, 7) is 2.78. The van der Waals surface area contributed by atoms with Crippen LogP contribution in [0.25, 0.3) is 0 Å². The molecule has 1 amide bonds. The van der Waals surface area contributed by atoms with Gasteiger partial charge in [0.2, 0.25) is 5.78 Å². The monoisotopic (exact) mass is 355 g/mol. The highest BCUT2D eigenvalue weighted by Gasteiger charge is 2.44. The molecule has 6 nitrogen and oxygen atoms in total. The van der Waals surface area contributed by atoms with Gasteiger partial charge >= 0.3 is 0 Å². The van der Waals surface area contributed by atoms with Gasteiger partial charge in [0, 0.05) is 20.3 Å². The van der Waals surface area contributed by atoms with Crippen molar-refractivity contribution in [2.45, 2.75) is 19.4 Å². The summed E-state index contributed by atoms with van der Waals surface area (Å²) in [5.74, 6) is -1.46. The van der Waals surface area contributed by atoms with Gasteiger partial charge in [-0.1, -0.05) is 29.8 Å². The molecule has 2 heterocycles. The molecule has 3 rings (SSSR count). The van der Waals surface area contributed by atoms with E-state index in [0.717, 1.165) is 11.1 Å². The van der Waals surface area contributed by atoms with Gasteiger partial charge in [-0.3, -0.25) is 9.59 Å². The lowest BCUT2D eigenvalue weighted by Crippen LogP contribution is -2.32. The number of hydrogen-bond acceptors (Lipinski definition) is 5. The first-order valence-corrected chi connectivity index (χ1v) is 8.42. The van der Waals surface area contributed by atoms with Crippen LogP contribution >= 0.6 is 0 Å². The fraction of sp³-hybridized carbons (Fsp3) is 0.300. The van der Waals surface area contributed by atoms with Crippen LogP contribution in [-0.2, 0) is 9.53 Å². The Morgan fingerprint density at radius 2 is 2.12 bits per heavy atom. The largest absolute Gasteiger partial charge is 0.503 e. The highest BCUT2D eigenvalue weighted by Crippen LogP contribution is 2.39. The highest BCUT2D eigenvalue weighted by atomic mass is 16.5. The quantitative estimate of drug-likeness (QED) is 0.609. The molecular weight excluding hydrogens is 334 g/mol. The van der Waals surface area contributed by atoms with Gasteiger partial charge in [0.15, 0.2) is 11.5 Å². The maximum Gasteiger partial charge on any atom is 0.290 e. The molecule has 1 aromatic heterocycles. The predicted molar refractivity (Wildman–Crippen MR) is 94.8 cm³/mol. The molecule has 0 saturated heterocycles. The Balaban J connectivity index is 2.04. The summed E-state index contributed by atoms with van der Waals surface area (Å²) in [5.41, 5.74) is 1.82. The van der Waals surface area contributed by atoms with Gasteiger partial charge in [-0.15, -0.1) is 0 Å². The third-order valence-corrected chi connectivity index (χ3v) is 4.40. The Kier molecular flexibility index (Phi) is 5.23. The summed E-state index contributed by atoms with van der Waals surface area (Å²) in [5, 5.41) is 10.4. The van der Waals surface area contributed by atoms with E-state index in [1.54, 1.807) is 13.2 Å². The third kappa shape index (κ3) is 3.28. The maximum absolute atomic E-state index is 12.9. The summed E-state index contributed by atoms with van der Waals surface area (Å²) in [4.78, 5) is 27.1. The molecule has 1 aliphatic heterocycles. The smallest absolute Gasteiger partial charge is 0.290 e. The number of benzene rings is 1. The molecule has 2 aromatic rings. The van der Waals surface area contributed by atoms with E-state index in [9.17, 15) is 14.7 Å². The lowest BCUT2D eigenvalue weighted by molar-refractivity contribution is -0.129. The molecule has 0 fully saturated rings. The molecule has 0 spiro atoms. The summed E-state index contributed by atoms with van der Waals surface area (Å²) < 4.78 is 10.2. The van der Waals surface area contributed by atoms with Gasteiger partial charge < -0.3 is 19.2 Å².